The Balaban J connectivity index is 1.50. The summed E-state index contributed by atoms with van der Waals surface area (Å²) in [5.74, 6) is -3.62. The van der Waals surface area contributed by atoms with Gasteiger partial charge in [-0.15, -0.1) is 0 Å². The van der Waals surface area contributed by atoms with Crippen LogP contribution in [0, 0.1) is 25.7 Å². The quantitative estimate of drug-likeness (QED) is 0.144. The van der Waals surface area contributed by atoms with E-state index in [9.17, 15) is 4.79 Å². The zero-order valence-electron chi connectivity index (χ0n) is 27.3. The number of imide groups is 1. The highest BCUT2D eigenvalue weighted by Crippen LogP contribution is 2.74. The van der Waals surface area contributed by atoms with Crippen LogP contribution >= 0.6 is 0 Å². The van der Waals surface area contributed by atoms with Crippen LogP contribution in [0.3, 0.4) is 0 Å². The number of anilines is 1. The summed E-state index contributed by atoms with van der Waals surface area (Å²) in [6.07, 6.45) is 0. The van der Waals surface area contributed by atoms with Crippen molar-refractivity contribution in [2.75, 3.05) is 12.0 Å². The first-order chi connectivity index (χ1) is 23.8. The third kappa shape index (κ3) is 4.00. The molecule has 6 nitrogen and oxygen atoms in total. The molecule has 0 aromatic heterocycles. The van der Waals surface area contributed by atoms with Crippen molar-refractivity contribution in [3.8, 4) is 0 Å². The maximum Gasteiger partial charge on any atom is 0.337 e. The van der Waals surface area contributed by atoms with Crippen molar-refractivity contribution in [1.29, 1.82) is 0 Å². The minimum atomic E-state index is -1.48. The van der Waals surface area contributed by atoms with Gasteiger partial charge in [-0.25, -0.2) is 9.69 Å². The molecule has 2 aliphatic carbocycles. The van der Waals surface area contributed by atoms with Gasteiger partial charge in [0.2, 0.25) is 11.8 Å². The first kappa shape index (κ1) is 30.5. The van der Waals surface area contributed by atoms with Gasteiger partial charge in [0, 0.05) is 0 Å². The summed E-state index contributed by atoms with van der Waals surface area (Å²) in [5.41, 5.74) is 4.31. The van der Waals surface area contributed by atoms with E-state index in [4.69, 9.17) is 4.74 Å². The van der Waals surface area contributed by atoms with Crippen molar-refractivity contribution >= 4 is 40.4 Å². The molecule has 0 spiro atoms. The second-order valence-electron chi connectivity index (χ2n) is 13.2. The van der Waals surface area contributed by atoms with Crippen molar-refractivity contribution in [1.82, 2.24) is 0 Å². The monoisotopic (exact) mass is 643 g/mol. The molecule has 2 fully saturated rings. The third-order valence-corrected chi connectivity index (χ3v) is 10.7. The summed E-state index contributed by atoms with van der Waals surface area (Å²) >= 11 is 0. The number of hydrogen-bond acceptors (Lipinski definition) is 5. The van der Waals surface area contributed by atoms with Crippen molar-refractivity contribution in [2.24, 2.45) is 11.8 Å². The Morgan fingerprint density at radius 2 is 0.980 bits per heavy atom. The molecule has 1 saturated heterocycles. The number of allylic oxidation sites excluding steroid dienone is 2. The molecular weight excluding hydrogens is 610 g/mol. The Kier molecular flexibility index (Phi) is 6.90. The lowest BCUT2D eigenvalue weighted by atomic mass is 9.59. The number of carbonyl (C=O) groups excluding carboxylic acids is 4. The van der Waals surface area contributed by atoms with E-state index in [1.807, 2.05) is 123 Å². The molecule has 0 N–H and O–H groups in total. The number of benzene rings is 5. The molecule has 5 aromatic carbocycles. The molecule has 0 radical (unpaired) electrons. The Morgan fingerprint density at radius 1 is 0.571 bits per heavy atom. The summed E-state index contributed by atoms with van der Waals surface area (Å²) in [6, 6.07) is 41.4. The van der Waals surface area contributed by atoms with Gasteiger partial charge in [-0.1, -0.05) is 120 Å². The number of amides is 2. The number of nitrogens with zero attached hydrogens (tertiary/aromatic N) is 1. The standard InChI is InChI=1S/C43H33NO5/c1-26-14-18-28(19-15-26)34-35(29-20-16-27(2)17-21-29)43(32-12-8-5-9-13-32)37-36(42(34,41(43)48)31-10-6-4-7-11-31)38(45)44(39(37)46)33-24-22-30(23-25-33)40(47)49-3/h4-25,36-37H,1-3H3/t36-,37+,42-,43-/m0/s1. The Labute approximate surface area is 284 Å². The number of ketones is 1. The highest BCUT2D eigenvalue weighted by molar-refractivity contribution is 6.39. The van der Waals surface area contributed by atoms with Gasteiger partial charge < -0.3 is 4.74 Å². The molecule has 1 saturated carbocycles. The molecule has 3 aliphatic rings. The van der Waals surface area contributed by atoms with E-state index in [-0.39, 0.29) is 5.78 Å². The maximum absolute atomic E-state index is 16.0. The van der Waals surface area contributed by atoms with Crippen LogP contribution < -0.4 is 4.90 Å². The van der Waals surface area contributed by atoms with Crippen LogP contribution in [0.25, 0.3) is 11.1 Å². The topological polar surface area (TPSA) is 80.8 Å². The maximum atomic E-state index is 16.0. The second-order valence-corrected chi connectivity index (χ2v) is 13.2. The molecule has 6 heteroatoms. The number of carbonyl (C=O) groups is 4. The molecule has 1 heterocycles. The predicted molar refractivity (Wildman–Crippen MR) is 188 cm³/mol. The highest BCUT2D eigenvalue weighted by Gasteiger charge is 2.82. The van der Waals surface area contributed by atoms with E-state index in [0.29, 0.717) is 22.4 Å². The van der Waals surface area contributed by atoms with Crippen LogP contribution in [0.5, 0.6) is 0 Å². The lowest BCUT2D eigenvalue weighted by Gasteiger charge is -2.39. The van der Waals surface area contributed by atoms with Crippen LogP contribution in [0.1, 0.15) is 43.7 Å². The van der Waals surface area contributed by atoms with Crippen LogP contribution in [0.15, 0.2) is 133 Å². The largest absolute Gasteiger partial charge is 0.465 e. The fourth-order valence-corrected chi connectivity index (χ4v) is 8.68. The first-order valence-electron chi connectivity index (χ1n) is 16.4. The van der Waals surface area contributed by atoms with Gasteiger partial charge in [0.25, 0.3) is 0 Å². The highest BCUT2D eigenvalue weighted by atomic mass is 16.5. The van der Waals surface area contributed by atoms with Crippen LogP contribution in [0.2, 0.25) is 0 Å². The average molecular weight is 644 g/mol. The fraction of sp³-hybridized carbons (Fsp3) is 0.163. The Bertz CT molecular complexity index is 2060. The first-order valence-corrected chi connectivity index (χ1v) is 16.4. The van der Waals surface area contributed by atoms with Gasteiger partial charge in [0.1, 0.15) is 0 Å². The molecule has 0 unspecified atom stereocenters. The van der Waals surface area contributed by atoms with E-state index in [1.54, 1.807) is 24.3 Å². The van der Waals surface area contributed by atoms with Crippen molar-refractivity contribution in [3.05, 3.63) is 172 Å². The summed E-state index contributed by atoms with van der Waals surface area (Å²) in [4.78, 5) is 59.7. The Morgan fingerprint density at radius 3 is 1.37 bits per heavy atom. The van der Waals surface area contributed by atoms with E-state index in [0.717, 1.165) is 33.4 Å². The van der Waals surface area contributed by atoms with Crippen LogP contribution in [-0.2, 0) is 30.0 Å². The molecule has 1 aliphatic heterocycles. The number of methoxy groups -OCH3 is 1. The lowest BCUT2D eigenvalue weighted by molar-refractivity contribution is -0.130. The van der Waals surface area contributed by atoms with Gasteiger partial charge in [-0.05, 0) is 71.5 Å². The van der Waals surface area contributed by atoms with Crippen LogP contribution in [-0.4, -0.2) is 30.7 Å². The van der Waals surface area contributed by atoms with E-state index in [2.05, 4.69) is 0 Å². The minimum absolute atomic E-state index is 0.166. The number of esters is 1. The number of fused-ring (bicyclic) bond motifs is 5. The molecule has 4 atom stereocenters. The third-order valence-electron chi connectivity index (χ3n) is 10.7. The number of ether oxygens (including phenoxy) is 1. The second kappa shape index (κ2) is 11.1. The summed E-state index contributed by atoms with van der Waals surface area (Å²) in [6.45, 7) is 4.03. The zero-order valence-corrected chi connectivity index (χ0v) is 27.3. The Hall–Kier alpha value is -5.88. The zero-order chi connectivity index (χ0) is 34.1. The number of Topliss-reactive ketones (excluding diaryl/α,β-unsaturated/α-hetero) is 1. The SMILES string of the molecule is COC(=O)c1ccc(N2C(=O)[C@@H]3[C@H](C2=O)[C@@]2(c4ccccc4)C(=O)[C@@]3(c3ccccc3)C(c3ccc(C)cc3)=C2c2ccc(C)cc2)cc1. The molecule has 8 rings (SSSR count). The number of hydrogen-bond donors (Lipinski definition) is 0. The van der Waals surface area contributed by atoms with Gasteiger partial charge >= 0.3 is 5.97 Å². The van der Waals surface area contributed by atoms with Gasteiger partial charge in [-0.2, -0.15) is 0 Å². The van der Waals surface area contributed by atoms with Crippen molar-refractivity contribution in [2.45, 2.75) is 24.7 Å². The van der Waals surface area contributed by atoms with Gasteiger partial charge in [0.15, 0.2) is 5.78 Å². The molecule has 240 valence electrons. The van der Waals surface area contributed by atoms with E-state index < -0.39 is 40.4 Å². The predicted octanol–water partition coefficient (Wildman–Crippen LogP) is 7.28. The fourth-order valence-electron chi connectivity index (χ4n) is 8.68. The lowest BCUT2D eigenvalue weighted by Crippen LogP contribution is -2.45. The van der Waals surface area contributed by atoms with Crippen LogP contribution in [0.4, 0.5) is 5.69 Å². The van der Waals surface area contributed by atoms with Crippen molar-refractivity contribution in [3.63, 3.8) is 0 Å². The summed E-state index contributed by atoms with van der Waals surface area (Å²) in [5, 5.41) is 0. The van der Waals surface area contributed by atoms with Gasteiger partial charge in [0.05, 0.1) is 41.0 Å². The minimum Gasteiger partial charge on any atom is -0.465 e. The van der Waals surface area contributed by atoms with E-state index >= 15 is 14.4 Å². The average Bonchev–Trinajstić information content (AvgIpc) is 3.65. The molecule has 2 amide bonds. The van der Waals surface area contributed by atoms with E-state index in [1.165, 1.54) is 12.0 Å². The number of aryl methyl sites for hydroxylation is 2. The van der Waals surface area contributed by atoms with Crippen molar-refractivity contribution < 1.29 is 23.9 Å². The van der Waals surface area contributed by atoms with Gasteiger partial charge in [-0.3, -0.25) is 14.4 Å². The molecule has 49 heavy (non-hydrogen) atoms. The smallest absolute Gasteiger partial charge is 0.337 e. The summed E-state index contributed by atoms with van der Waals surface area (Å²) < 4.78 is 4.87. The molecular formula is C43H33NO5. The summed E-state index contributed by atoms with van der Waals surface area (Å²) in [7, 11) is 1.30. The molecule has 2 bridgehead atoms. The normalized spacial score (nSPS) is 24.1. The molecule has 5 aromatic rings. The number of rotatable bonds is 6.